The van der Waals surface area contributed by atoms with Gasteiger partial charge in [-0.1, -0.05) is 40.2 Å². The maximum atomic E-state index is 13.2. The number of aliphatic hydroxyl groups excluding tert-OH is 1. The van der Waals surface area contributed by atoms with Gasteiger partial charge >= 0.3 is 0 Å². The number of amides is 2. The second-order valence-electron chi connectivity index (χ2n) is 7.99. The molecular formula is C24H19BrN6O4. The Kier molecular flexibility index (Phi) is 5.87. The van der Waals surface area contributed by atoms with Gasteiger partial charge in [-0.25, -0.2) is 0 Å². The maximum Gasteiger partial charge on any atom is 0.261 e. The van der Waals surface area contributed by atoms with Crippen molar-refractivity contribution in [2.45, 2.75) is 20.1 Å². The van der Waals surface area contributed by atoms with Crippen LogP contribution >= 0.6 is 15.9 Å². The third kappa shape index (κ3) is 3.98. The zero-order chi connectivity index (χ0) is 24.7. The number of aromatic nitrogens is 5. The molecular weight excluding hydrogens is 516 g/mol. The van der Waals surface area contributed by atoms with E-state index in [1.165, 1.54) is 4.80 Å². The highest BCUT2D eigenvalue weighted by Gasteiger charge is 2.35. The smallest absolute Gasteiger partial charge is 0.261 e. The monoisotopic (exact) mass is 534 g/mol. The van der Waals surface area contributed by atoms with Crippen LogP contribution in [0, 0.1) is 6.92 Å². The van der Waals surface area contributed by atoms with E-state index in [0.29, 0.717) is 39.2 Å². The van der Waals surface area contributed by atoms with E-state index in [4.69, 9.17) is 0 Å². The number of benzene rings is 2. The first-order valence-corrected chi connectivity index (χ1v) is 11.5. The third-order valence-electron chi connectivity index (χ3n) is 5.88. The van der Waals surface area contributed by atoms with Crippen LogP contribution in [-0.4, -0.2) is 59.3 Å². The number of ketones is 1. The van der Waals surface area contributed by atoms with Crippen LogP contribution in [0.1, 0.15) is 47.9 Å². The Morgan fingerprint density at radius 1 is 1.06 bits per heavy atom. The molecule has 1 aliphatic rings. The molecule has 2 N–H and O–H groups in total. The summed E-state index contributed by atoms with van der Waals surface area (Å²) in [7, 11) is 0. The fourth-order valence-electron chi connectivity index (χ4n) is 4.15. The SMILES string of the molecule is Cc1c(-c2nnn(CCN3C(=O)c4ccccc4C3=O)n2)[nH]c(CO)c1C(=O)c1cccc(Br)c1. The Balaban J connectivity index is 1.37. The van der Waals surface area contributed by atoms with Gasteiger partial charge in [0, 0.05) is 15.6 Å². The van der Waals surface area contributed by atoms with Crippen molar-refractivity contribution in [3.8, 4) is 11.5 Å². The molecule has 0 aliphatic carbocycles. The van der Waals surface area contributed by atoms with E-state index >= 15 is 0 Å². The molecule has 11 heteroatoms. The molecule has 4 aromatic rings. The van der Waals surface area contributed by atoms with Crippen molar-refractivity contribution in [3.05, 3.63) is 86.5 Å². The maximum absolute atomic E-state index is 13.2. The van der Waals surface area contributed by atoms with E-state index < -0.39 is 0 Å². The summed E-state index contributed by atoms with van der Waals surface area (Å²) in [5, 5.41) is 22.3. The van der Waals surface area contributed by atoms with Crippen LogP contribution in [0.3, 0.4) is 0 Å². The molecule has 3 heterocycles. The van der Waals surface area contributed by atoms with Crippen LogP contribution in [0.15, 0.2) is 53.0 Å². The molecule has 10 nitrogen and oxygen atoms in total. The normalized spacial score (nSPS) is 12.9. The Bertz CT molecular complexity index is 1460. The largest absolute Gasteiger partial charge is 0.390 e. The summed E-state index contributed by atoms with van der Waals surface area (Å²) in [6.45, 7) is 1.61. The van der Waals surface area contributed by atoms with Crippen LogP contribution in [-0.2, 0) is 13.2 Å². The van der Waals surface area contributed by atoms with Crippen LogP contribution in [0.5, 0.6) is 0 Å². The van der Waals surface area contributed by atoms with Gasteiger partial charge in [0.15, 0.2) is 5.78 Å². The highest BCUT2D eigenvalue weighted by Crippen LogP contribution is 2.28. The summed E-state index contributed by atoms with van der Waals surface area (Å²) in [6.07, 6.45) is 0. The molecule has 0 radical (unpaired) electrons. The molecule has 0 unspecified atom stereocenters. The number of aliphatic hydroxyl groups is 1. The number of nitrogens with zero attached hydrogens (tertiary/aromatic N) is 5. The number of aromatic amines is 1. The highest BCUT2D eigenvalue weighted by atomic mass is 79.9. The number of carbonyl (C=O) groups excluding carboxylic acids is 3. The number of rotatable bonds is 7. The van der Waals surface area contributed by atoms with Gasteiger partial charge in [-0.05, 0) is 42.0 Å². The van der Waals surface area contributed by atoms with Gasteiger partial charge in [0.05, 0.1) is 42.2 Å². The number of carbonyl (C=O) groups is 3. The number of halogens is 1. The quantitative estimate of drug-likeness (QED) is 0.275. The summed E-state index contributed by atoms with van der Waals surface area (Å²) < 4.78 is 0.769. The van der Waals surface area contributed by atoms with Gasteiger partial charge in [-0.15, -0.1) is 10.2 Å². The van der Waals surface area contributed by atoms with Crippen molar-refractivity contribution in [1.82, 2.24) is 30.1 Å². The number of tetrazole rings is 1. The summed E-state index contributed by atoms with van der Waals surface area (Å²) in [5.41, 5.74) is 2.98. The topological polar surface area (TPSA) is 134 Å². The summed E-state index contributed by atoms with van der Waals surface area (Å²) in [5.74, 6) is -0.717. The van der Waals surface area contributed by atoms with E-state index in [1.54, 1.807) is 49.4 Å². The Morgan fingerprint density at radius 2 is 1.77 bits per heavy atom. The molecule has 0 fully saturated rings. The molecule has 2 amide bonds. The van der Waals surface area contributed by atoms with Crippen LogP contribution in [0.4, 0.5) is 0 Å². The molecule has 35 heavy (non-hydrogen) atoms. The lowest BCUT2D eigenvalue weighted by Gasteiger charge is -2.12. The molecule has 0 spiro atoms. The minimum atomic E-state index is -0.371. The Morgan fingerprint density at radius 3 is 2.43 bits per heavy atom. The second-order valence-corrected chi connectivity index (χ2v) is 8.91. The number of hydrogen-bond acceptors (Lipinski definition) is 7. The minimum absolute atomic E-state index is 0.0837. The second kappa shape index (κ2) is 9.01. The van der Waals surface area contributed by atoms with Gasteiger partial charge in [-0.3, -0.25) is 19.3 Å². The predicted molar refractivity (Wildman–Crippen MR) is 128 cm³/mol. The van der Waals surface area contributed by atoms with E-state index in [9.17, 15) is 19.5 Å². The number of H-pyrrole nitrogens is 1. The van der Waals surface area contributed by atoms with E-state index in [-0.39, 0.29) is 43.1 Å². The summed E-state index contributed by atoms with van der Waals surface area (Å²) in [4.78, 5) is 43.8. The van der Waals surface area contributed by atoms with Gasteiger partial charge in [0.1, 0.15) is 0 Å². The third-order valence-corrected chi connectivity index (χ3v) is 6.37. The van der Waals surface area contributed by atoms with Crippen molar-refractivity contribution in [2.24, 2.45) is 0 Å². The Hall–Kier alpha value is -3.96. The predicted octanol–water partition coefficient (Wildman–Crippen LogP) is 2.76. The van der Waals surface area contributed by atoms with Gasteiger partial charge in [0.2, 0.25) is 5.82 Å². The average molecular weight is 535 g/mol. The standard InChI is InChI=1S/C24H19BrN6O4/c1-13-19(21(33)14-5-4-6-15(25)11-14)18(12-32)26-20(13)22-27-29-31(28-22)10-9-30-23(34)16-7-2-3-8-17(16)24(30)35/h2-8,11,26,32H,9-10,12H2,1H3. The van der Waals surface area contributed by atoms with Crippen LogP contribution in [0.2, 0.25) is 0 Å². The number of hydrogen-bond donors (Lipinski definition) is 2. The van der Waals surface area contributed by atoms with Gasteiger partial charge in [0.25, 0.3) is 11.8 Å². The number of nitrogens with one attached hydrogen (secondary N) is 1. The van der Waals surface area contributed by atoms with Crippen molar-refractivity contribution in [1.29, 1.82) is 0 Å². The van der Waals surface area contributed by atoms with Crippen molar-refractivity contribution < 1.29 is 19.5 Å². The zero-order valence-electron chi connectivity index (χ0n) is 18.5. The first kappa shape index (κ1) is 22.8. The fraction of sp³-hybridized carbons (Fsp3) is 0.167. The minimum Gasteiger partial charge on any atom is -0.390 e. The Labute approximate surface area is 207 Å². The van der Waals surface area contributed by atoms with Crippen molar-refractivity contribution in [3.63, 3.8) is 0 Å². The van der Waals surface area contributed by atoms with Crippen LogP contribution < -0.4 is 0 Å². The van der Waals surface area contributed by atoms with E-state index in [0.717, 1.165) is 9.37 Å². The van der Waals surface area contributed by atoms with Crippen LogP contribution in [0.25, 0.3) is 11.5 Å². The molecule has 176 valence electrons. The summed E-state index contributed by atoms with van der Waals surface area (Å²) in [6, 6.07) is 13.7. The molecule has 2 aromatic carbocycles. The lowest BCUT2D eigenvalue weighted by atomic mass is 9.99. The van der Waals surface area contributed by atoms with Gasteiger partial charge in [-0.2, -0.15) is 4.80 Å². The first-order valence-electron chi connectivity index (χ1n) is 10.7. The molecule has 1 aliphatic heterocycles. The number of fused-ring (bicyclic) bond motifs is 1. The van der Waals surface area contributed by atoms with Gasteiger partial charge < -0.3 is 10.1 Å². The molecule has 2 aromatic heterocycles. The average Bonchev–Trinajstić information content (AvgIpc) is 3.53. The fourth-order valence-corrected chi connectivity index (χ4v) is 4.55. The lowest BCUT2D eigenvalue weighted by molar-refractivity contribution is 0.0645. The number of imide groups is 1. The molecule has 0 saturated heterocycles. The van der Waals surface area contributed by atoms with E-state index in [1.807, 2.05) is 6.07 Å². The summed E-state index contributed by atoms with van der Waals surface area (Å²) >= 11 is 3.37. The molecule has 0 bridgehead atoms. The lowest BCUT2D eigenvalue weighted by Crippen LogP contribution is -2.33. The molecule has 0 atom stereocenters. The molecule has 0 saturated carbocycles. The van der Waals surface area contributed by atoms with Crippen molar-refractivity contribution in [2.75, 3.05) is 6.54 Å². The van der Waals surface area contributed by atoms with Crippen molar-refractivity contribution >= 4 is 33.5 Å². The molecule has 5 rings (SSSR count). The zero-order valence-corrected chi connectivity index (χ0v) is 20.1. The highest BCUT2D eigenvalue weighted by molar-refractivity contribution is 9.10. The first-order chi connectivity index (χ1) is 16.9. The van der Waals surface area contributed by atoms with E-state index in [2.05, 4.69) is 36.3 Å².